The summed E-state index contributed by atoms with van der Waals surface area (Å²) in [6, 6.07) is 1.64. The lowest BCUT2D eigenvalue weighted by Crippen LogP contribution is -1.95. The lowest BCUT2D eigenvalue weighted by Gasteiger charge is -2.10. The maximum atomic E-state index is 9.78. The van der Waals surface area contributed by atoms with Crippen LogP contribution in [0.25, 0.3) is 0 Å². The van der Waals surface area contributed by atoms with Crippen LogP contribution in [0.3, 0.4) is 0 Å². The van der Waals surface area contributed by atoms with Crippen LogP contribution in [0.1, 0.15) is 12.5 Å². The smallest absolute Gasteiger partial charge is 0.168 e. The van der Waals surface area contributed by atoms with E-state index in [0.717, 1.165) is 6.21 Å². The van der Waals surface area contributed by atoms with E-state index in [1.54, 1.807) is 6.07 Å². The summed E-state index contributed by atoms with van der Waals surface area (Å²) in [5.41, 5.74) is 0.357. The van der Waals surface area contributed by atoms with Crippen molar-refractivity contribution < 1.29 is 15.1 Å². The van der Waals surface area contributed by atoms with Gasteiger partial charge in [0, 0.05) is 8.95 Å². The number of halogens is 2. The number of oxime groups is 1. The summed E-state index contributed by atoms with van der Waals surface area (Å²) in [4.78, 5) is 0. The van der Waals surface area contributed by atoms with E-state index in [2.05, 4.69) is 37.0 Å². The summed E-state index contributed by atoms with van der Waals surface area (Å²) in [7, 11) is 0. The van der Waals surface area contributed by atoms with E-state index in [0.29, 0.717) is 26.9 Å². The SMILES string of the molecule is CCOc1cc(Br)c(Br)c(/C=N/O)c1O. The average molecular weight is 339 g/mol. The molecule has 6 heteroatoms. The fourth-order valence-electron chi connectivity index (χ4n) is 1.05. The van der Waals surface area contributed by atoms with Crippen LogP contribution in [0.2, 0.25) is 0 Å². The maximum Gasteiger partial charge on any atom is 0.168 e. The lowest BCUT2D eigenvalue weighted by atomic mass is 10.2. The van der Waals surface area contributed by atoms with Crippen LogP contribution in [0.4, 0.5) is 0 Å². The van der Waals surface area contributed by atoms with Gasteiger partial charge in [-0.1, -0.05) is 5.16 Å². The van der Waals surface area contributed by atoms with Crippen molar-refractivity contribution in [2.75, 3.05) is 6.61 Å². The zero-order valence-corrected chi connectivity index (χ0v) is 11.0. The van der Waals surface area contributed by atoms with Crippen molar-refractivity contribution in [3.8, 4) is 11.5 Å². The summed E-state index contributed by atoms with van der Waals surface area (Å²) >= 11 is 6.54. The Morgan fingerprint density at radius 2 is 2.20 bits per heavy atom. The summed E-state index contributed by atoms with van der Waals surface area (Å²) in [6.07, 6.45) is 1.13. The normalized spacial score (nSPS) is 10.9. The number of hydrogen-bond donors (Lipinski definition) is 2. The molecule has 0 spiro atoms. The number of benzene rings is 1. The van der Waals surface area contributed by atoms with Crippen molar-refractivity contribution in [2.45, 2.75) is 6.92 Å². The van der Waals surface area contributed by atoms with Gasteiger partial charge in [-0.3, -0.25) is 0 Å². The van der Waals surface area contributed by atoms with Crippen LogP contribution in [0.15, 0.2) is 20.2 Å². The second-order valence-corrected chi connectivity index (χ2v) is 4.26. The molecule has 0 fully saturated rings. The van der Waals surface area contributed by atoms with Crippen molar-refractivity contribution in [1.29, 1.82) is 0 Å². The number of rotatable bonds is 3. The van der Waals surface area contributed by atoms with E-state index in [4.69, 9.17) is 9.94 Å². The first-order chi connectivity index (χ1) is 7.11. The highest BCUT2D eigenvalue weighted by molar-refractivity contribution is 9.13. The highest BCUT2D eigenvalue weighted by atomic mass is 79.9. The molecule has 1 aromatic carbocycles. The minimum atomic E-state index is -0.0651. The molecular formula is C9H9Br2NO3. The van der Waals surface area contributed by atoms with Crippen LogP contribution in [0.5, 0.6) is 11.5 Å². The number of hydrogen-bond acceptors (Lipinski definition) is 4. The summed E-state index contributed by atoms with van der Waals surface area (Å²) in [6.45, 7) is 2.26. The molecule has 0 unspecified atom stereocenters. The van der Waals surface area contributed by atoms with E-state index in [1.165, 1.54) is 0 Å². The highest BCUT2D eigenvalue weighted by Gasteiger charge is 2.14. The van der Waals surface area contributed by atoms with E-state index in [-0.39, 0.29) is 5.75 Å². The van der Waals surface area contributed by atoms with E-state index < -0.39 is 0 Å². The van der Waals surface area contributed by atoms with Gasteiger partial charge in [0.15, 0.2) is 11.5 Å². The Hall–Kier alpha value is -0.750. The number of aromatic hydroxyl groups is 1. The summed E-state index contributed by atoms with van der Waals surface area (Å²) in [5, 5.41) is 21.1. The molecule has 2 N–H and O–H groups in total. The Labute approximate surface area is 104 Å². The molecule has 4 nitrogen and oxygen atoms in total. The Kier molecular flexibility index (Phi) is 4.41. The molecule has 0 aliphatic rings. The zero-order chi connectivity index (χ0) is 11.4. The molecule has 1 rings (SSSR count). The number of phenols is 1. The quantitative estimate of drug-likeness (QED) is 0.505. The molecule has 0 aromatic heterocycles. The van der Waals surface area contributed by atoms with Gasteiger partial charge in [0.25, 0.3) is 0 Å². The molecule has 0 radical (unpaired) electrons. The van der Waals surface area contributed by atoms with Crippen molar-refractivity contribution in [3.63, 3.8) is 0 Å². The Morgan fingerprint density at radius 3 is 2.73 bits per heavy atom. The van der Waals surface area contributed by atoms with Crippen molar-refractivity contribution in [2.24, 2.45) is 5.16 Å². The van der Waals surface area contributed by atoms with E-state index >= 15 is 0 Å². The third-order valence-electron chi connectivity index (χ3n) is 1.68. The van der Waals surface area contributed by atoms with Gasteiger partial charge in [0.2, 0.25) is 0 Å². The molecule has 0 amide bonds. The fraction of sp³-hybridized carbons (Fsp3) is 0.222. The monoisotopic (exact) mass is 337 g/mol. The number of ether oxygens (including phenoxy) is 1. The van der Waals surface area contributed by atoms with Gasteiger partial charge in [-0.15, -0.1) is 0 Å². The first-order valence-electron chi connectivity index (χ1n) is 4.13. The standard InChI is InChI=1S/C9H9Br2NO3/c1-2-15-7-3-6(10)8(11)5(4-12-14)9(7)13/h3-4,13-14H,2H2,1H3/b12-4+. The average Bonchev–Trinajstić information content (AvgIpc) is 2.21. The molecular weight excluding hydrogens is 330 g/mol. The first-order valence-corrected chi connectivity index (χ1v) is 5.71. The van der Waals surface area contributed by atoms with Gasteiger partial charge < -0.3 is 15.1 Å². The van der Waals surface area contributed by atoms with Gasteiger partial charge in [-0.2, -0.15) is 0 Å². The zero-order valence-electron chi connectivity index (χ0n) is 7.87. The second kappa shape index (κ2) is 5.37. The Balaban J connectivity index is 3.34. The van der Waals surface area contributed by atoms with Crippen LogP contribution >= 0.6 is 31.9 Å². The number of phenolic OH excluding ortho intramolecular Hbond substituents is 1. The third kappa shape index (κ3) is 2.63. The summed E-state index contributed by atoms with van der Waals surface area (Å²) < 4.78 is 6.52. The fourth-order valence-corrected chi connectivity index (χ4v) is 1.88. The molecule has 0 bridgehead atoms. The van der Waals surface area contributed by atoms with E-state index in [1.807, 2.05) is 6.92 Å². The predicted octanol–water partition coefficient (Wildman–Crippen LogP) is 3.12. The van der Waals surface area contributed by atoms with Gasteiger partial charge in [-0.05, 0) is 44.8 Å². The van der Waals surface area contributed by atoms with Crippen LogP contribution in [-0.4, -0.2) is 23.1 Å². The molecule has 0 aliphatic heterocycles. The molecule has 1 aromatic rings. The largest absolute Gasteiger partial charge is 0.504 e. The Bertz CT molecular complexity index is 393. The first kappa shape index (κ1) is 12.3. The third-order valence-corrected chi connectivity index (χ3v) is 3.69. The molecule has 82 valence electrons. The van der Waals surface area contributed by atoms with Crippen LogP contribution < -0.4 is 4.74 Å². The van der Waals surface area contributed by atoms with E-state index in [9.17, 15) is 5.11 Å². The molecule has 0 saturated carbocycles. The summed E-state index contributed by atoms with van der Waals surface area (Å²) in [5.74, 6) is 0.271. The topological polar surface area (TPSA) is 62.0 Å². The van der Waals surface area contributed by atoms with Gasteiger partial charge >= 0.3 is 0 Å². The molecule has 0 aliphatic carbocycles. The van der Waals surface area contributed by atoms with Crippen LogP contribution in [-0.2, 0) is 0 Å². The van der Waals surface area contributed by atoms with Crippen molar-refractivity contribution in [3.05, 3.63) is 20.6 Å². The lowest BCUT2D eigenvalue weighted by molar-refractivity contribution is 0.315. The van der Waals surface area contributed by atoms with Crippen molar-refractivity contribution in [1.82, 2.24) is 0 Å². The van der Waals surface area contributed by atoms with Crippen LogP contribution in [0, 0.1) is 0 Å². The number of nitrogens with zero attached hydrogens (tertiary/aromatic N) is 1. The Morgan fingerprint density at radius 1 is 1.53 bits per heavy atom. The minimum Gasteiger partial charge on any atom is -0.504 e. The second-order valence-electron chi connectivity index (χ2n) is 2.61. The minimum absolute atomic E-state index is 0.0651. The van der Waals surface area contributed by atoms with Crippen molar-refractivity contribution >= 4 is 38.1 Å². The molecule has 0 heterocycles. The highest BCUT2D eigenvalue weighted by Crippen LogP contribution is 2.39. The molecule has 0 saturated heterocycles. The maximum absolute atomic E-state index is 9.78. The predicted molar refractivity (Wildman–Crippen MR) is 64.1 cm³/mol. The molecule has 15 heavy (non-hydrogen) atoms. The van der Waals surface area contributed by atoms with Gasteiger partial charge in [-0.25, -0.2) is 0 Å². The molecule has 0 atom stereocenters. The van der Waals surface area contributed by atoms with Gasteiger partial charge in [0.05, 0.1) is 18.4 Å². The van der Waals surface area contributed by atoms with Gasteiger partial charge in [0.1, 0.15) is 0 Å².